The van der Waals surface area contributed by atoms with E-state index < -0.39 is 0 Å². The predicted molar refractivity (Wildman–Crippen MR) is 80.6 cm³/mol. The summed E-state index contributed by atoms with van der Waals surface area (Å²) in [6, 6.07) is 10.4. The summed E-state index contributed by atoms with van der Waals surface area (Å²) in [6.45, 7) is 6.78. The molecule has 0 saturated heterocycles. The minimum absolute atomic E-state index is 0.103. The molecule has 1 aromatic heterocycles. The summed E-state index contributed by atoms with van der Waals surface area (Å²) in [5, 5.41) is 4.46. The monoisotopic (exact) mass is 273 g/mol. The van der Waals surface area contributed by atoms with Gasteiger partial charge in [0.15, 0.2) is 0 Å². The maximum Gasteiger partial charge on any atom is 0.132 e. The van der Waals surface area contributed by atoms with E-state index >= 15 is 0 Å². The van der Waals surface area contributed by atoms with Crippen molar-refractivity contribution in [3.63, 3.8) is 0 Å². The van der Waals surface area contributed by atoms with Crippen LogP contribution in [0.3, 0.4) is 0 Å². The Kier molecular flexibility index (Phi) is 4.79. The van der Waals surface area contributed by atoms with Crippen LogP contribution in [-0.2, 0) is 6.61 Å². The lowest BCUT2D eigenvalue weighted by molar-refractivity contribution is 0.298. The van der Waals surface area contributed by atoms with Crippen molar-refractivity contribution in [2.45, 2.75) is 45.9 Å². The van der Waals surface area contributed by atoms with Gasteiger partial charge >= 0.3 is 0 Å². The first-order valence-corrected chi connectivity index (χ1v) is 7.12. The molecular weight excluding hydrogens is 250 g/mol. The van der Waals surface area contributed by atoms with Crippen LogP contribution in [0.4, 0.5) is 0 Å². The number of ether oxygens (including phenoxy) is 1. The molecule has 2 N–H and O–H groups in total. The van der Waals surface area contributed by atoms with Crippen LogP contribution in [-0.4, -0.2) is 9.78 Å². The molecule has 1 aromatic carbocycles. The van der Waals surface area contributed by atoms with E-state index in [9.17, 15) is 0 Å². The average molecular weight is 273 g/mol. The fourth-order valence-electron chi connectivity index (χ4n) is 1.95. The van der Waals surface area contributed by atoms with E-state index in [1.54, 1.807) is 0 Å². The molecule has 0 saturated carbocycles. The maximum atomic E-state index is 5.99. The zero-order valence-electron chi connectivity index (χ0n) is 12.4. The van der Waals surface area contributed by atoms with Gasteiger partial charge in [0.1, 0.15) is 12.4 Å². The smallest absolute Gasteiger partial charge is 0.132 e. The molecule has 0 radical (unpaired) electrons. The van der Waals surface area contributed by atoms with E-state index in [4.69, 9.17) is 10.5 Å². The number of hydrogen-bond donors (Lipinski definition) is 1. The fourth-order valence-corrected chi connectivity index (χ4v) is 1.95. The van der Waals surface area contributed by atoms with Crippen molar-refractivity contribution in [1.82, 2.24) is 9.78 Å². The van der Waals surface area contributed by atoms with E-state index in [1.165, 1.54) is 0 Å². The molecule has 2 aromatic rings. The first-order chi connectivity index (χ1) is 9.60. The summed E-state index contributed by atoms with van der Waals surface area (Å²) in [5.41, 5.74) is 8.07. The Morgan fingerprint density at radius 1 is 1.20 bits per heavy atom. The van der Waals surface area contributed by atoms with E-state index in [0.29, 0.717) is 12.6 Å². The first-order valence-electron chi connectivity index (χ1n) is 7.12. The molecule has 0 amide bonds. The van der Waals surface area contributed by atoms with Crippen LogP contribution >= 0.6 is 0 Å². The highest BCUT2D eigenvalue weighted by Crippen LogP contribution is 2.19. The number of aromatic nitrogens is 2. The van der Waals surface area contributed by atoms with Crippen molar-refractivity contribution in [3.05, 3.63) is 47.8 Å². The van der Waals surface area contributed by atoms with Gasteiger partial charge in [-0.15, -0.1) is 0 Å². The molecular formula is C16H23N3O. The lowest BCUT2D eigenvalue weighted by Crippen LogP contribution is -2.08. The summed E-state index contributed by atoms with van der Waals surface area (Å²) in [7, 11) is 0. The van der Waals surface area contributed by atoms with Crippen molar-refractivity contribution < 1.29 is 4.74 Å². The van der Waals surface area contributed by atoms with Gasteiger partial charge in [-0.1, -0.05) is 19.1 Å². The molecule has 0 spiro atoms. The highest BCUT2D eigenvalue weighted by Gasteiger charge is 2.05. The molecule has 20 heavy (non-hydrogen) atoms. The summed E-state index contributed by atoms with van der Waals surface area (Å²) in [4.78, 5) is 0. The predicted octanol–water partition coefficient (Wildman–Crippen LogP) is 3.45. The van der Waals surface area contributed by atoms with Gasteiger partial charge < -0.3 is 10.5 Å². The Morgan fingerprint density at radius 2 is 1.90 bits per heavy atom. The van der Waals surface area contributed by atoms with Gasteiger partial charge in [-0.05, 0) is 44.0 Å². The largest absolute Gasteiger partial charge is 0.487 e. The molecule has 2 rings (SSSR count). The molecule has 0 unspecified atom stereocenters. The van der Waals surface area contributed by atoms with Gasteiger partial charge in [0.05, 0.1) is 5.69 Å². The number of benzene rings is 1. The molecule has 1 atom stereocenters. The topological polar surface area (TPSA) is 53.1 Å². The Hall–Kier alpha value is -1.81. The molecule has 108 valence electrons. The van der Waals surface area contributed by atoms with Gasteiger partial charge in [0.2, 0.25) is 0 Å². The number of rotatable bonds is 6. The van der Waals surface area contributed by atoms with Crippen molar-refractivity contribution in [2.24, 2.45) is 5.73 Å². The second kappa shape index (κ2) is 6.57. The van der Waals surface area contributed by atoms with Gasteiger partial charge in [0.25, 0.3) is 0 Å². The molecule has 0 aliphatic heterocycles. The lowest BCUT2D eigenvalue weighted by Gasteiger charge is -2.10. The molecule has 0 bridgehead atoms. The Bertz CT molecular complexity index is 531. The third-order valence-electron chi connectivity index (χ3n) is 3.33. The van der Waals surface area contributed by atoms with E-state index in [-0.39, 0.29) is 6.04 Å². The zero-order valence-corrected chi connectivity index (χ0v) is 12.4. The summed E-state index contributed by atoms with van der Waals surface area (Å²) >= 11 is 0. The molecule has 0 aliphatic carbocycles. The Balaban J connectivity index is 1.93. The van der Waals surface area contributed by atoms with E-state index in [2.05, 4.69) is 25.9 Å². The average Bonchev–Trinajstić information content (AvgIpc) is 2.94. The summed E-state index contributed by atoms with van der Waals surface area (Å²) in [5.74, 6) is 0.844. The highest BCUT2D eigenvalue weighted by molar-refractivity contribution is 5.29. The standard InChI is InChI=1S/C16H23N3O/c1-4-16(17)13-5-7-15(8-6-13)20-11-14-9-10-19(18-14)12(2)3/h5-10,12,16H,4,11,17H2,1-3H3/t16-/m0/s1. The second-order valence-corrected chi connectivity index (χ2v) is 5.25. The van der Waals surface area contributed by atoms with Crippen LogP contribution in [0.15, 0.2) is 36.5 Å². The molecule has 0 aliphatic rings. The summed E-state index contributed by atoms with van der Waals surface area (Å²) < 4.78 is 7.67. The number of nitrogens with two attached hydrogens (primary N) is 1. The molecule has 4 heteroatoms. The van der Waals surface area contributed by atoms with Crippen LogP contribution in [0.2, 0.25) is 0 Å². The lowest BCUT2D eigenvalue weighted by atomic mass is 10.1. The van der Waals surface area contributed by atoms with Gasteiger partial charge in [-0.3, -0.25) is 4.68 Å². The van der Waals surface area contributed by atoms with Crippen molar-refractivity contribution >= 4 is 0 Å². The molecule has 0 fully saturated rings. The Morgan fingerprint density at radius 3 is 2.45 bits per heavy atom. The van der Waals surface area contributed by atoms with Crippen LogP contribution in [0.25, 0.3) is 0 Å². The highest BCUT2D eigenvalue weighted by atomic mass is 16.5. The van der Waals surface area contributed by atoms with Crippen LogP contribution < -0.4 is 10.5 Å². The van der Waals surface area contributed by atoms with Crippen molar-refractivity contribution in [1.29, 1.82) is 0 Å². The quantitative estimate of drug-likeness (QED) is 0.877. The van der Waals surface area contributed by atoms with Crippen LogP contribution in [0, 0.1) is 0 Å². The van der Waals surface area contributed by atoms with Gasteiger partial charge in [-0.25, -0.2) is 0 Å². The SMILES string of the molecule is CC[C@H](N)c1ccc(OCc2ccn(C(C)C)n2)cc1. The van der Waals surface area contributed by atoms with Gasteiger partial charge in [0, 0.05) is 18.3 Å². The number of hydrogen-bond acceptors (Lipinski definition) is 3. The Labute approximate surface area is 120 Å². The number of nitrogens with zero attached hydrogens (tertiary/aromatic N) is 2. The maximum absolute atomic E-state index is 5.99. The third-order valence-corrected chi connectivity index (χ3v) is 3.33. The van der Waals surface area contributed by atoms with Gasteiger partial charge in [-0.2, -0.15) is 5.10 Å². The normalized spacial score (nSPS) is 12.7. The second-order valence-electron chi connectivity index (χ2n) is 5.25. The molecule has 4 nitrogen and oxygen atoms in total. The third kappa shape index (κ3) is 3.61. The minimum Gasteiger partial charge on any atom is -0.487 e. The van der Waals surface area contributed by atoms with E-state index in [0.717, 1.165) is 23.4 Å². The fraction of sp³-hybridized carbons (Fsp3) is 0.438. The van der Waals surface area contributed by atoms with E-state index in [1.807, 2.05) is 41.2 Å². The zero-order chi connectivity index (χ0) is 14.5. The van der Waals surface area contributed by atoms with Crippen molar-refractivity contribution in [2.75, 3.05) is 0 Å². The minimum atomic E-state index is 0.103. The summed E-state index contributed by atoms with van der Waals surface area (Å²) in [6.07, 6.45) is 2.92. The van der Waals surface area contributed by atoms with Crippen LogP contribution in [0.1, 0.15) is 50.5 Å². The first kappa shape index (κ1) is 14.6. The van der Waals surface area contributed by atoms with Crippen molar-refractivity contribution in [3.8, 4) is 5.75 Å². The van der Waals surface area contributed by atoms with Crippen LogP contribution in [0.5, 0.6) is 5.75 Å². The molecule has 1 heterocycles.